The zero-order chi connectivity index (χ0) is 23.1. The lowest BCUT2D eigenvalue weighted by atomic mass is 9.85. The Kier molecular flexibility index (Phi) is 5.62. The highest BCUT2D eigenvalue weighted by Crippen LogP contribution is 2.52. The summed E-state index contributed by atoms with van der Waals surface area (Å²) in [4.78, 5) is 38.0. The maximum Gasteiger partial charge on any atom is 0.262 e. The monoisotopic (exact) mass is 507 g/mol. The molecule has 0 unspecified atom stereocenters. The predicted molar refractivity (Wildman–Crippen MR) is 127 cm³/mol. The first kappa shape index (κ1) is 21.6. The van der Waals surface area contributed by atoms with Gasteiger partial charge in [-0.05, 0) is 55.0 Å². The number of amides is 3. The number of halogens is 1. The lowest BCUT2D eigenvalue weighted by Gasteiger charge is -2.13. The van der Waals surface area contributed by atoms with Gasteiger partial charge in [-0.3, -0.25) is 14.4 Å². The molecular weight excluding hydrogens is 486 g/mol. The SMILES string of the molecule is Cc1ccccc1NC(=O)COc1ccc(Br)cc1C=NN1C(=O)[C@@H]2[C@H](C1=O)[C@H]1C=C[C@H]2C1. The molecular formula is C25H22BrN3O4. The average molecular weight is 508 g/mol. The van der Waals surface area contributed by atoms with Crippen LogP contribution < -0.4 is 10.1 Å². The van der Waals surface area contributed by atoms with Crippen molar-refractivity contribution in [3.63, 3.8) is 0 Å². The molecule has 2 aliphatic carbocycles. The van der Waals surface area contributed by atoms with Crippen LogP contribution in [0.5, 0.6) is 5.75 Å². The van der Waals surface area contributed by atoms with E-state index in [4.69, 9.17) is 4.74 Å². The highest BCUT2D eigenvalue weighted by molar-refractivity contribution is 9.10. The number of hydrogen-bond acceptors (Lipinski definition) is 5. The summed E-state index contributed by atoms with van der Waals surface area (Å²) in [5.41, 5.74) is 2.23. The number of anilines is 1. The summed E-state index contributed by atoms with van der Waals surface area (Å²) >= 11 is 3.42. The van der Waals surface area contributed by atoms with Crippen LogP contribution in [-0.2, 0) is 14.4 Å². The standard InChI is InChI=1S/C25H22BrN3O4/c1-14-4-2-3-5-19(14)28-21(30)13-33-20-9-8-18(26)11-17(20)12-27-29-24(31)22-15-6-7-16(10-15)23(22)25(29)32/h2-9,11-12,15-16,22-23H,10,13H2,1H3,(H,28,30)/t15-,16-,22-,23+/m0/s1. The Morgan fingerprint density at radius 1 is 1.15 bits per heavy atom. The number of rotatable bonds is 6. The quantitative estimate of drug-likeness (QED) is 0.364. The van der Waals surface area contributed by atoms with Crippen LogP contribution in [0.15, 0.2) is 64.2 Å². The summed E-state index contributed by atoms with van der Waals surface area (Å²) in [5.74, 6) is -0.692. The molecule has 3 amide bonds. The smallest absolute Gasteiger partial charge is 0.262 e. The Morgan fingerprint density at radius 2 is 1.85 bits per heavy atom. The van der Waals surface area contributed by atoms with Crippen molar-refractivity contribution in [1.29, 1.82) is 0 Å². The van der Waals surface area contributed by atoms with Gasteiger partial charge in [0.1, 0.15) is 5.75 Å². The second-order valence-corrected chi connectivity index (χ2v) is 9.48. The van der Waals surface area contributed by atoms with E-state index < -0.39 is 0 Å². The van der Waals surface area contributed by atoms with E-state index in [0.29, 0.717) is 11.3 Å². The first-order valence-electron chi connectivity index (χ1n) is 10.8. The van der Waals surface area contributed by atoms with Crippen molar-refractivity contribution in [2.24, 2.45) is 28.8 Å². The minimum absolute atomic E-state index is 0.133. The Labute approximate surface area is 199 Å². The normalized spacial score (nSPS) is 25.2. The van der Waals surface area contributed by atoms with Crippen LogP contribution in [0.3, 0.4) is 0 Å². The second-order valence-electron chi connectivity index (χ2n) is 8.57. The minimum atomic E-state index is -0.298. The number of hydrogen-bond donors (Lipinski definition) is 1. The van der Waals surface area contributed by atoms with Gasteiger partial charge >= 0.3 is 0 Å². The van der Waals surface area contributed by atoms with E-state index in [2.05, 4.69) is 26.3 Å². The molecule has 1 heterocycles. The van der Waals surface area contributed by atoms with Gasteiger partial charge in [0.25, 0.3) is 17.7 Å². The summed E-state index contributed by atoms with van der Waals surface area (Å²) in [6, 6.07) is 12.7. The van der Waals surface area contributed by atoms with Crippen LogP contribution in [0.4, 0.5) is 5.69 Å². The molecule has 4 atom stereocenters. The Morgan fingerprint density at radius 3 is 2.55 bits per heavy atom. The fourth-order valence-corrected chi connectivity index (χ4v) is 5.29. The number of imide groups is 1. The maximum absolute atomic E-state index is 12.8. The van der Waals surface area contributed by atoms with Gasteiger partial charge in [0.15, 0.2) is 6.61 Å². The van der Waals surface area contributed by atoms with Crippen molar-refractivity contribution >= 4 is 45.6 Å². The molecule has 1 saturated carbocycles. The van der Waals surface area contributed by atoms with Crippen LogP contribution >= 0.6 is 15.9 Å². The van der Waals surface area contributed by atoms with Crippen LogP contribution in [0.1, 0.15) is 17.5 Å². The molecule has 2 aromatic rings. The summed E-state index contributed by atoms with van der Waals surface area (Å²) in [7, 11) is 0. The fraction of sp³-hybridized carbons (Fsp3) is 0.280. The molecule has 2 aromatic carbocycles. The summed E-state index contributed by atoms with van der Waals surface area (Å²) in [6.07, 6.45) is 6.41. The lowest BCUT2D eigenvalue weighted by molar-refractivity contribution is -0.140. The van der Waals surface area contributed by atoms with Gasteiger partial charge in [-0.1, -0.05) is 46.3 Å². The molecule has 2 fully saturated rings. The molecule has 5 rings (SSSR count). The first-order chi connectivity index (χ1) is 15.9. The van der Waals surface area contributed by atoms with Crippen molar-refractivity contribution < 1.29 is 19.1 Å². The molecule has 8 heteroatoms. The van der Waals surface area contributed by atoms with Crippen LogP contribution in [0, 0.1) is 30.6 Å². The minimum Gasteiger partial charge on any atom is -0.483 e. The van der Waals surface area contributed by atoms with E-state index in [1.165, 1.54) is 6.21 Å². The maximum atomic E-state index is 12.8. The third kappa shape index (κ3) is 3.99. The number of aryl methyl sites for hydroxylation is 1. The number of carbonyl (C=O) groups excluding carboxylic acids is 3. The zero-order valence-electron chi connectivity index (χ0n) is 17.9. The van der Waals surface area contributed by atoms with E-state index in [1.54, 1.807) is 18.2 Å². The van der Waals surface area contributed by atoms with Crippen molar-refractivity contribution in [3.05, 3.63) is 70.2 Å². The van der Waals surface area contributed by atoms with Crippen molar-refractivity contribution in [3.8, 4) is 5.75 Å². The van der Waals surface area contributed by atoms with Gasteiger partial charge in [0.05, 0.1) is 18.1 Å². The van der Waals surface area contributed by atoms with Crippen molar-refractivity contribution in [2.75, 3.05) is 11.9 Å². The largest absolute Gasteiger partial charge is 0.483 e. The van der Waals surface area contributed by atoms with Crippen LogP contribution in [-0.4, -0.2) is 35.6 Å². The van der Waals surface area contributed by atoms with Gasteiger partial charge in [-0.15, -0.1) is 0 Å². The number of nitrogens with zero attached hydrogens (tertiary/aromatic N) is 2. The van der Waals surface area contributed by atoms with Gasteiger partial charge < -0.3 is 10.1 Å². The van der Waals surface area contributed by atoms with E-state index in [9.17, 15) is 14.4 Å². The highest BCUT2D eigenvalue weighted by atomic mass is 79.9. The van der Waals surface area contributed by atoms with Crippen molar-refractivity contribution in [2.45, 2.75) is 13.3 Å². The number of hydrazone groups is 1. The fourth-order valence-electron chi connectivity index (χ4n) is 4.91. The number of carbonyl (C=O) groups is 3. The third-order valence-corrected chi connectivity index (χ3v) is 7.00. The Bertz CT molecular complexity index is 1180. The summed E-state index contributed by atoms with van der Waals surface area (Å²) < 4.78 is 6.51. The molecule has 3 aliphatic rings. The topological polar surface area (TPSA) is 88.1 Å². The Hall–Kier alpha value is -3.26. The number of ether oxygens (including phenoxy) is 1. The first-order valence-corrected chi connectivity index (χ1v) is 11.6. The van der Waals surface area contributed by atoms with Gasteiger partial charge in [-0.25, -0.2) is 0 Å². The van der Waals surface area contributed by atoms with Gasteiger partial charge in [-0.2, -0.15) is 10.1 Å². The average Bonchev–Trinajstić information content (AvgIpc) is 3.47. The number of nitrogens with one attached hydrogen (secondary N) is 1. The van der Waals surface area contributed by atoms with Crippen LogP contribution in [0.25, 0.3) is 0 Å². The van der Waals surface area contributed by atoms with Gasteiger partial charge in [0, 0.05) is 15.7 Å². The van der Waals surface area contributed by atoms with E-state index in [-0.39, 0.29) is 48.0 Å². The van der Waals surface area contributed by atoms with E-state index in [1.807, 2.05) is 43.3 Å². The number of allylic oxidation sites excluding steroid dienone is 2. The Balaban J connectivity index is 1.29. The molecule has 0 radical (unpaired) electrons. The van der Waals surface area contributed by atoms with Crippen LogP contribution in [0.2, 0.25) is 0 Å². The molecule has 7 nitrogen and oxygen atoms in total. The molecule has 0 spiro atoms. The molecule has 1 saturated heterocycles. The number of para-hydroxylation sites is 1. The van der Waals surface area contributed by atoms with E-state index >= 15 is 0 Å². The highest BCUT2D eigenvalue weighted by Gasteiger charge is 2.59. The molecule has 1 N–H and O–H groups in total. The lowest BCUT2D eigenvalue weighted by Crippen LogP contribution is -2.28. The predicted octanol–water partition coefficient (Wildman–Crippen LogP) is 3.92. The molecule has 1 aliphatic heterocycles. The molecule has 168 valence electrons. The van der Waals surface area contributed by atoms with Crippen molar-refractivity contribution in [1.82, 2.24) is 5.01 Å². The van der Waals surface area contributed by atoms with E-state index in [0.717, 1.165) is 27.2 Å². The molecule has 33 heavy (non-hydrogen) atoms. The zero-order valence-corrected chi connectivity index (χ0v) is 19.5. The summed E-state index contributed by atoms with van der Waals surface area (Å²) in [5, 5.41) is 8.05. The summed E-state index contributed by atoms with van der Waals surface area (Å²) in [6.45, 7) is 1.72. The molecule has 0 aromatic heterocycles. The number of benzene rings is 2. The second kappa shape index (κ2) is 8.59. The third-order valence-electron chi connectivity index (χ3n) is 6.51. The van der Waals surface area contributed by atoms with Gasteiger partial charge in [0.2, 0.25) is 0 Å². The number of fused-ring (bicyclic) bond motifs is 5. The molecule has 2 bridgehead atoms.